The van der Waals surface area contributed by atoms with Gasteiger partial charge in [-0.05, 0) is 48.9 Å². The fraction of sp³-hybridized carbons (Fsp3) is 0.208. The van der Waals surface area contributed by atoms with Crippen LogP contribution in [0.3, 0.4) is 0 Å². The van der Waals surface area contributed by atoms with Crippen molar-refractivity contribution in [1.29, 1.82) is 0 Å². The summed E-state index contributed by atoms with van der Waals surface area (Å²) in [7, 11) is 0. The minimum atomic E-state index is 0.471. The fourth-order valence-electron chi connectivity index (χ4n) is 3.22. The number of para-hydroxylation sites is 2. The van der Waals surface area contributed by atoms with E-state index in [-0.39, 0.29) is 0 Å². The first-order valence-electron chi connectivity index (χ1n) is 9.87. The lowest BCUT2D eigenvalue weighted by atomic mass is 10.2. The second-order valence-corrected chi connectivity index (χ2v) is 7.41. The molecule has 0 radical (unpaired) electrons. The Balaban J connectivity index is 1.18. The zero-order valence-corrected chi connectivity index (χ0v) is 17.0. The number of rotatable bonds is 9. The van der Waals surface area contributed by atoms with Crippen LogP contribution in [0.4, 0.5) is 0 Å². The summed E-state index contributed by atoms with van der Waals surface area (Å²) in [5, 5.41) is 4.22. The Labute approximate surface area is 175 Å². The number of nitrogens with zero attached hydrogens (tertiary/aromatic N) is 1. The predicted octanol–water partition coefficient (Wildman–Crippen LogP) is 5.52. The second-order valence-electron chi connectivity index (χ2n) is 7.01. The molecule has 0 atom stereocenters. The summed E-state index contributed by atoms with van der Waals surface area (Å²) in [6, 6.07) is 24.1. The molecule has 0 amide bonds. The Bertz CT molecular complexity index is 1030. The molecule has 0 saturated carbocycles. The summed E-state index contributed by atoms with van der Waals surface area (Å²) < 4.78 is 5.83. The molecule has 29 heavy (non-hydrogen) atoms. The minimum absolute atomic E-state index is 0.471. The van der Waals surface area contributed by atoms with Gasteiger partial charge >= 0.3 is 0 Å². The van der Waals surface area contributed by atoms with Crippen molar-refractivity contribution in [3.05, 3.63) is 94.8 Å². The van der Waals surface area contributed by atoms with Crippen LogP contribution in [0.25, 0.3) is 11.0 Å². The summed E-state index contributed by atoms with van der Waals surface area (Å²) in [6.07, 6.45) is 1.98. The maximum absolute atomic E-state index is 6.16. The molecule has 0 spiro atoms. The first-order valence-corrected chi connectivity index (χ1v) is 10.3. The van der Waals surface area contributed by atoms with E-state index in [9.17, 15) is 0 Å². The zero-order valence-electron chi connectivity index (χ0n) is 16.2. The number of aromatic amines is 1. The van der Waals surface area contributed by atoms with E-state index in [0.29, 0.717) is 6.61 Å². The number of hydrogen-bond acceptors (Lipinski definition) is 3. The van der Waals surface area contributed by atoms with Crippen molar-refractivity contribution in [2.45, 2.75) is 26.0 Å². The van der Waals surface area contributed by atoms with Crippen LogP contribution in [0.15, 0.2) is 72.8 Å². The van der Waals surface area contributed by atoms with Gasteiger partial charge in [-0.3, -0.25) is 0 Å². The van der Waals surface area contributed by atoms with Crippen LogP contribution in [0.2, 0.25) is 5.02 Å². The van der Waals surface area contributed by atoms with E-state index in [0.717, 1.165) is 59.1 Å². The minimum Gasteiger partial charge on any atom is -0.489 e. The summed E-state index contributed by atoms with van der Waals surface area (Å²) in [6.45, 7) is 2.26. The van der Waals surface area contributed by atoms with E-state index in [4.69, 9.17) is 16.3 Å². The van der Waals surface area contributed by atoms with E-state index in [1.54, 1.807) is 0 Å². The third kappa shape index (κ3) is 5.37. The molecule has 4 aromatic rings. The third-order valence-corrected chi connectivity index (χ3v) is 5.18. The smallest absolute Gasteiger partial charge is 0.119 e. The SMILES string of the molecule is Clc1ccccc1COc1ccc(CNCCCc2nc3ccccc3[nH]2)cc1. The Morgan fingerprint density at radius 3 is 2.55 bits per heavy atom. The van der Waals surface area contributed by atoms with E-state index in [1.807, 2.05) is 54.6 Å². The Hall–Kier alpha value is -2.82. The average molecular weight is 406 g/mol. The number of ether oxygens (including phenoxy) is 1. The molecule has 1 heterocycles. The topological polar surface area (TPSA) is 49.9 Å². The van der Waals surface area contributed by atoms with Gasteiger partial charge in [0.05, 0.1) is 11.0 Å². The van der Waals surface area contributed by atoms with Crippen molar-refractivity contribution in [2.24, 2.45) is 0 Å². The van der Waals surface area contributed by atoms with Crippen molar-refractivity contribution < 1.29 is 4.74 Å². The molecule has 1 aromatic heterocycles. The molecule has 0 aliphatic heterocycles. The first kappa shape index (κ1) is 19.5. The number of aromatic nitrogens is 2. The van der Waals surface area contributed by atoms with Gasteiger partial charge in [-0.15, -0.1) is 0 Å². The van der Waals surface area contributed by atoms with Crippen LogP contribution in [-0.4, -0.2) is 16.5 Å². The molecule has 0 fully saturated rings. The molecule has 4 rings (SSSR count). The van der Waals surface area contributed by atoms with Crippen molar-refractivity contribution in [2.75, 3.05) is 6.54 Å². The maximum Gasteiger partial charge on any atom is 0.119 e. The molecule has 0 aliphatic carbocycles. The second kappa shape index (κ2) is 9.59. The lowest BCUT2D eigenvalue weighted by molar-refractivity contribution is 0.306. The van der Waals surface area contributed by atoms with Crippen LogP contribution in [-0.2, 0) is 19.6 Å². The van der Waals surface area contributed by atoms with Crippen LogP contribution >= 0.6 is 11.6 Å². The average Bonchev–Trinajstić information content (AvgIpc) is 3.17. The van der Waals surface area contributed by atoms with Gasteiger partial charge in [-0.25, -0.2) is 4.98 Å². The first-order chi connectivity index (χ1) is 14.3. The molecular weight excluding hydrogens is 382 g/mol. The number of imidazole rings is 1. The number of hydrogen-bond donors (Lipinski definition) is 2. The monoisotopic (exact) mass is 405 g/mol. The van der Waals surface area contributed by atoms with Gasteiger partial charge in [0.15, 0.2) is 0 Å². The van der Waals surface area contributed by atoms with Gasteiger partial charge in [0.2, 0.25) is 0 Å². The number of fused-ring (bicyclic) bond motifs is 1. The zero-order chi connectivity index (χ0) is 19.9. The molecule has 2 N–H and O–H groups in total. The maximum atomic E-state index is 6.16. The summed E-state index contributed by atoms with van der Waals surface area (Å²) in [4.78, 5) is 7.99. The largest absolute Gasteiger partial charge is 0.489 e. The molecule has 5 heteroatoms. The molecular formula is C24H24ClN3O. The molecule has 0 saturated heterocycles. The Morgan fingerprint density at radius 2 is 1.72 bits per heavy atom. The number of benzene rings is 3. The molecule has 148 valence electrons. The number of halogens is 1. The number of aryl methyl sites for hydroxylation is 1. The van der Waals surface area contributed by atoms with Gasteiger partial charge < -0.3 is 15.0 Å². The Morgan fingerprint density at radius 1 is 0.931 bits per heavy atom. The van der Waals surface area contributed by atoms with Crippen LogP contribution in [0, 0.1) is 0 Å². The van der Waals surface area contributed by atoms with Gasteiger partial charge in [0, 0.05) is 23.6 Å². The highest BCUT2D eigenvalue weighted by Crippen LogP contribution is 2.19. The van der Waals surface area contributed by atoms with E-state index in [1.165, 1.54) is 5.56 Å². The highest BCUT2D eigenvalue weighted by atomic mass is 35.5. The van der Waals surface area contributed by atoms with Crippen LogP contribution in [0.1, 0.15) is 23.4 Å². The number of H-pyrrole nitrogens is 1. The van der Waals surface area contributed by atoms with Gasteiger partial charge in [-0.1, -0.05) is 54.1 Å². The predicted molar refractivity (Wildman–Crippen MR) is 118 cm³/mol. The highest BCUT2D eigenvalue weighted by Gasteiger charge is 2.03. The standard InChI is InChI=1S/C24H24ClN3O/c25-21-7-2-1-6-19(21)17-29-20-13-11-18(12-14-20)16-26-15-5-10-24-27-22-8-3-4-9-23(22)28-24/h1-4,6-9,11-14,26H,5,10,15-17H2,(H,27,28). The van der Waals surface area contributed by atoms with E-state index < -0.39 is 0 Å². The van der Waals surface area contributed by atoms with Crippen molar-refractivity contribution in [1.82, 2.24) is 15.3 Å². The van der Waals surface area contributed by atoms with Crippen LogP contribution < -0.4 is 10.1 Å². The molecule has 4 nitrogen and oxygen atoms in total. The van der Waals surface area contributed by atoms with Gasteiger partial charge in [0.1, 0.15) is 18.2 Å². The van der Waals surface area contributed by atoms with E-state index in [2.05, 4.69) is 33.5 Å². The summed E-state index contributed by atoms with van der Waals surface area (Å²) in [5.41, 5.74) is 4.36. The fourth-order valence-corrected chi connectivity index (χ4v) is 3.41. The van der Waals surface area contributed by atoms with Crippen molar-refractivity contribution >= 4 is 22.6 Å². The quantitative estimate of drug-likeness (QED) is 0.360. The lowest BCUT2D eigenvalue weighted by Gasteiger charge is -2.09. The van der Waals surface area contributed by atoms with Gasteiger partial charge in [-0.2, -0.15) is 0 Å². The highest BCUT2D eigenvalue weighted by molar-refractivity contribution is 6.31. The Kier molecular flexibility index (Phi) is 6.45. The molecule has 0 aliphatic rings. The number of nitrogens with one attached hydrogen (secondary N) is 2. The van der Waals surface area contributed by atoms with Crippen molar-refractivity contribution in [3.63, 3.8) is 0 Å². The van der Waals surface area contributed by atoms with Crippen LogP contribution in [0.5, 0.6) is 5.75 Å². The normalized spacial score (nSPS) is 11.1. The summed E-state index contributed by atoms with van der Waals surface area (Å²) >= 11 is 6.16. The molecule has 0 bridgehead atoms. The molecule has 0 unspecified atom stereocenters. The van der Waals surface area contributed by atoms with Gasteiger partial charge in [0.25, 0.3) is 0 Å². The summed E-state index contributed by atoms with van der Waals surface area (Å²) in [5.74, 6) is 1.89. The van der Waals surface area contributed by atoms with Crippen molar-refractivity contribution in [3.8, 4) is 5.75 Å². The molecule has 3 aromatic carbocycles. The van der Waals surface area contributed by atoms with E-state index >= 15 is 0 Å². The lowest BCUT2D eigenvalue weighted by Crippen LogP contribution is -2.15. The third-order valence-electron chi connectivity index (χ3n) is 4.81.